The van der Waals surface area contributed by atoms with Gasteiger partial charge in [-0.05, 0) is 74.8 Å². The number of hydrogen-bond acceptors (Lipinski definition) is 4. The van der Waals surface area contributed by atoms with Crippen molar-refractivity contribution < 1.29 is 19.7 Å². The average molecular weight is 406 g/mol. The van der Waals surface area contributed by atoms with E-state index in [4.69, 9.17) is 4.65 Å². The van der Waals surface area contributed by atoms with Gasteiger partial charge in [0.05, 0.1) is 0 Å². The molecule has 0 aromatic heterocycles. The van der Waals surface area contributed by atoms with Crippen LogP contribution < -0.4 is 15.6 Å². The molecule has 0 saturated heterocycles. The lowest BCUT2D eigenvalue weighted by atomic mass is 9.76. The molecular weight excluding hydrogens is 386 g/mol. The first-order valence-electron chi connectivity index (χ1n) is 10.6. The van der Waals surface area contributed by atoms with Crippen LogP contribution in [-0.2, 0) is 19.3 Å². The second-order valence-electron chi connectivity index (χ2n) is 8.37. The second-order valence-corrected chi connectivity index (χ2v) is 8.37. The topological polar surface area (TPSA) is 69.9 Å². The Hall–Kier alpha value is -3.05. The Morgan fingerprint density at radius 1 is 0.742 bits per heavy atom. The summed E-state index contributed by atoms with van der Waals surface area (Å²) in [6.07, 6.45) is 2.54. The zero-order chi connectivity index (χ0) is 21.1. The Morgan fingerprint density at radius 2 is 1.58 bits per heavy atom. The predicted octanol–water partition coefficient (Wildman–Crippen LogP) is 1.96. The summed E-state index contributed by atoms with van der Waals surface area (Å²) < 4.78 is 6.03. The van der Waals surface area contributed by atoms with Gasteiger partial charge in [-0.2, -0.15) is 0 Å². The van der Waals surface area contributed by atoms with Gasteiger partial charge in [-0.3, -0.25) is 0 Å². The molecule has 0 radical (unpaired) electrons. The van der Waals surface area contributed by atoms with Gasteiger partial charge in [-0.25, -0.2) is 0 Å². The lowest BCUT2D eigenvalue weighted by Gasteiger charge is -2.16. The molecule has 150 valence electrons. The maximum absolute atomic E-state index is 10.9. The number of benzene rings is 4. The van der Waals surface area contributed by atoms with Gasteiger partial charge in [0.15, 0.2) is 0 Å². The van der Waals surface area contributed by atoms with Crippen molar-refractivity contribution in [2.24, 2.45) is 0 Å². The highest BCUT2D eigenvalue weighted by Crippen LogP contribution is 2.37. The van der Waals surface area contributed by atoms with Crippen LogP contribution in [0.15, 0.2) is 66.7 Å². The van der Waals surface area contributed by atoms with E-state index in [0.29, 0.717) is 11.2 Å². The molecule has 0 aliphatic heterocycles. The third-order valence-electron chi connectivity index (χ3n) is 6.63. The SMILES string of the molecule is OB(Oc1ccc2c(B(O)O)ccc3c2c1CC3)c1ccc2c(c1)Cc1ccccc1-2. The van der Waals surface area contributed by atoms with Crippen molar-refractivity contribution >= 4 is 35.9 Å². The first-order valence-corrected chi connectivity index (χ1v) is 10.6. The van der Waals surface area contributed by atoms with Crippen molar-refractivity contribution in [3.05, 3.63) is 89.0 Å². The quantitative estimate of drug-likeness (QED) is 0.400. The molecule has 2 aliphatic carbocycles. The van der Waals surface area contributed by atoms with Gasteiger partial charge in [-0.15, -0.1) is 0 Å². The van der Waals surface area contributed by atoms with Crippen LogP contribution in [0.25, 0.3) is 21.9 Å². The van der Waals surface area contributed by atoms with Crippen molar-refractivity contribution in [3.8, 4) is 16.9 Å². The summed E-state index contributed by atoms with van der Waals surface area (Å²) in [5, 5.41) is 32.1. The molecule has 0 heterocycles. The van der Waals surface area contributed by atoms with Crippen molar-refractivity contribution in [1.29, 1.82) is 0 Å². The number of fused-ring (bicyclic) bond motifs is 3. The fourth-order valence-corrected chi connectivity index (χ4v) is 5.16. The van der Waals surface area contributed by atoms with E-state index in [1.165, 1.54) is 27.8 Å². The van der Waals surface area contributed by atoms with E-state index < -0.39 is 14.2 Å². The first-order chi connectivity index (χ1) is 15.1. The van der Waals surface area contributed by atoms with Crippen LogP contribution in [0.4, 0.5) is 0 Å². The minimum atomic E-state index is -1.52. The Bertz CT molecular complexity index is 1350. The van der Waals surface area contributed by atoms with E-state index in [2.05, 4.69) is 30.3 Å². The molecule has 4 nitrogen and oxygen atoms in total. The monoisotopic (exact) mass is 406 g/mol. The second kappa shape index (κ2) is 6.99. The van der Waals surface area contributed by atoms with E-state index in [-0.39, 0.29) is 0 Å². The normalized spacial score (nSPS) is 13.3. The van der Waals surface area contributed by atoms with Crippen LogP contribution in [0, 0.1) is 0 Å². The molecule has 3 N–H and O–H groups in total. The standard InChI is InChI=1S/C25H20B2O4/c28-26(29)23-11-6-15-5-8-22-24(12-10-21(23)25(15)22)31-27(30)18-7-9-20-17(14-18)13-16-3-1-2-4-19(16)20/h1-4,6-7,9-12,14,28-30H,5,8,13H2. The highest BCUT2D eigenvalue weighted by atomic mass is 16.5. The van der Waals surface area contributed by atoms with E-state index in [1.807, 2.05) is 30.3 Å². The molecule has 2 aliphatic rings. The Labute approximate surface area is 181 Å². The molecule has 4 aromatic carbocycles. The van der Waals surface area contributed by atoms with Crippen LogP contribution in [-0.4, -0.2) is 29.3 Å². The number of rotatable bonds is 4. The highest BCUT2D eigenvalue weighted by Gasteiger charge is 2.28. The smallest absolute Gasteiger partial charge is 0.532 e. The van der Waals surface area contributed by atoms with Gasteiger partial charge >= 0.3 is 14.2 Å². The summed E-state index contributed by atoms with van der Waals surface area (Å²) in [7, 11) is -2.59. The summed E-state index contributed by atoms with van der Waals surface area (Å²) in [6, 6.07) is 21.8. The molecule has 0 amide bonds. The predicted molar refractivity (Wildman–Crippen MR) is 124 cm³/mol. The summed E-state index contributed by atoms with van der Waals surface area (Å²) in [5.41, 5.74) is 8.40. The van der Waals surface area contributed by atoms with Crippen molar-refractivity contribution in [1.82, 2.24) is 0 Å². The fraction of sp³-hybridized carbons (Fsp3) is 0.120. The summed E-state index contributed by atoms with van der Waals surface area (Å²) in [5.74, 6) is 0.645. The van der Waals surface area contributed by atoms with Crippen LogP contribution in [0.1, 0.15) is 22.3 Å². The molecule has 31 heavy (non-hydrogen) atoms. The van der Waals surface area contributed by atoms with E-state index >= 15 is 0 Å². The number of hydrogen-bond donors (Lipinski definition) is 3. The number of aryl methyl sites for hydroxylation is 2. The van der Waals surface area contributed by atoms with Crippen molar-refractivity contribution in [3.63, 3.8) is 0 Å². The first kappa shape index (κ1) is 18.7. The molecule has 6 heteroatoms. The lowest BCUT2D eigenvalue weighted by molar-refractivity contribution is 0.425. The zero-order valence-corrected chi connectivity index (χ0v) is 16.9. The molecule has 0 saturated carbocycles. The molecule has 0 unspecified atom stereocenters. The minimum Gasteiger partial charge on any atom is -0.532 e. The van der Waals surface area contributed by atoms with Crippen LogP contribution in [0.2, 0.25) is 0 Å². The summed E-state index contributed by atoms with van der Waals surface area (Å²) in [6.45, 7) is 0. The van der Waals surface area contributed by atoms with Crippen LogP contribution >= 0.6 is 0 Å². The summed E-state index contributed by atoms with van der Waals surface area (Å²) in [4.78, 5) is 0. The Kier molecular flexibility index (Phi) is 4.22. The zero-order valence-electron chi connectivity index (χ0n) is 16.9. The molecule has 0 atom stereocenters. The van der Waals surface area contributed by atoms with Gasteiger partial charge in [0.2, 0.25) is 0 Å². The molecule has 0 spiro atoms. The van der Waals surface area contributed by atoms with E-state index in [0.717, 1.165) is 41.1 Å². The molecule has 0 fully saturated rings. The van der Waals surface area contributed by atoms with Gasteiger partial charge < -0.3 is 19.7 Å². The van der Waals surface area contributed by atoms with Gasteiger partial charge in [0.1, 0.15) is 5.75 Å². The average Bonchev–Trinajstić information content (AvgIpc) is 3.37. The Morgan fingerprint density at radius 3 is 2.45 bits per heavy atom. The fourth-order valence-electron chi connectivity index (χ4n) is 5.16. The van der Waals surface area contributed by atoms with Gasteiger partial charge in [-0.1, -0.05) is 60.7 Å². The largest absolute Gasteiger partial charge is 0.560 e. The minimum absolute atomic E-state index is 0.493. The molecule has 4 aromatic rings. The van der Waals surface area contributed by atoms with Crippen LogP contribution in [0.3, 0.4) is 0 Å². The Balaban J connectivity index is 1.34. The van der Waals surface area contributed by atoms with Gasteiger partial charge in [0, 0.05) is 5.56 Å². The lowest BCUT2D eigenvalue weighted by Crippen LogP contribution is -2.37. The van der Waals surface area contributed by atoms with Crippen molar-refractivity contribution in [2.75, 3.05) is 0 Å². The van der Waals surface area contributed by atoms with Crippen LogP contribution in [0.5, 0.6) is 5.75 Å². The highest BCUT2D eigenvalue weighted by molar-refractivity contribution is 6.62. The maximum Gasteiger partial charge on any atom is 0.560 e. The third-order valence-corrected chi connectivity index (χ3v) is 6.63. The van der Waals surface area contributed by atoms with E-state index in [9.17, 15) is 15.1 Å². The van der Waals surface area contributed by atoms with E-state index in [1.54, 1.807) is 6.07 Å². The van der Waals surface area contributed by atoms with Gasteiger partial charge in [0.25, 0.3) is 0 Å². The molecule has 0 bridgehead atoms. The maximum atomic E-state index is 10.9. The van der Waals surface area contributed by atoms with Crippen molar-refractivity contribution in [2.45, 2.75) is 19.3 Å². The summed E-state index contributed by atoms with van der Waals surface area (Å²) >= 11 is 0. The molecular formula is C25H20B2O4. The molecule has 6 rings (SSSR count). The third kappa shape index (κ3) is 2.91.